The maximum absolute atomic E-state index is 13.9. The molecule has 10 rings (SSSR count). The fraction of sp³-hybridized carbons (Fsp3) is 0.465. The number of hydrogen-bond acceptors (Lipinski definition) is 8. The SMILES string of the molecule is C=C1CCC(N2C(=O)c3cc4c(cc3C2=O)CN(CC2CCC3(CC2)CN(c2ncc([C@@H]5c6[nH]c7ccccc7c6C[C@@H](C)N5CC(F)F)cn2)C3)C4)C(=O)N1. The van der Waals surface area contributed by atoms with E-state index < -0.39 is 12.5 Å². The molecule has 13 heteroatoms. The quantitative estimate of drug-likeness (QED) is 0.222. The molecule has 2 N–H and O–H groups in total. The molecule has 2 aromatic heterocycles. The van der Waals surface area contributed by atoms with Gasteiger partial charge in [-0.05, 0) is 92.7 Å². The Morgan fingerprint density at radius 2 is 1.64 bits per heavy atom. The largest absolute Gasteiger partial charge is 0.357 e. The molecule has 1 aliphatic carbocycles. The summed E-state index contributed by atoms with van der Waals surface area (Å²) in [5, 5.41) is 3.84. The number of imide groups is 1. The first-order valence-electron chi connectivity index (χ1n) is 20.0. The Morgan fingerprint density at radius 3 is 2.30 bits per heavy atom. The number of fused-ring (bicyclic) bond motifs is 5. The molecule has 3 amide bonds. The number of anilines is 1. The van der Waals surface area contributed by atoms with Gasteiger partial charge in [-0.2, -0.15) is 0 Å². The Bertz CT molecular complexity index is 2230. The van der Waals surface area contributed by atoms with E-state index in [2.05, 4.69) is 32.7 Å². The predicted molar refractivity (Wildman–Crippen MR) is 206 cm³/mol. The lowest BCUT2D eigenvalue weighted by molar-refractivity contribution is -0.125. The van der Waals surface area contributed by atoms with Crippen LogP contribution in [0.5, 0.6) is 0 Å². The van der Waals surface area contributed by atoms with Crippen molar-refractivity contribution in [2.75, 3.05) is 31.1 Å². The van der Waals surface area contributed by atoms with Crippen LogP contribution in [0.3, 0.4) is 0 Å². The first kappa shape index (κ1) is 35.4. The van der Waals surface area contributed by atoms with E-state index in [-0.39, 0.29) is 41.8 Å². The summed E-state index contributed by atoms with van der Waals surface area (Å²) in [6, 6.07) is 10.7. The number of halogens is 2. The monoisotopic (exact) mass is 760 g/mol. The molecule has 1 spiro atoms. The number of carbonyl (C=O) groups is 3. The van der Waals surface area contributed by atoms with Gasteiger partial charge in [0.05, 0.1) is 23.7 Å². The van der Waals surface area contributed by atoms with Crippen LogP contribution in [0.25, 0.3) is 10.9 Å². The highest BCUT2D eigenvalue weighted by Gasteiger charge is 2.48. The lowest BCUT2D eigenvalue weighted by atomic mass is 9.66. The lowest BCUT2D eigenvalue weighted by Crippen LogP contribution is -2.58. The van der Waals surface area contributed by atoms with Crippen LogP contribution in [-0.2, 0) is 24.3 Å². The Balaban J connectivity index is 0.753. The Morgan fingerprint density at radius 1 is 0.964 bits per heavy atom. The molecular weight excluding hydrogens is 715 g/mol. The highest BCUT2D eigenvalue weighted by Crippen LogP contribution is 2.47. The van der Waals surface area contributed by atoms with Crippen molar-refractivity contribution in [1.82, 2.24) is 35.0 Å². The highest BCUT2D eigenvalue weighted by atomic mass is 19.3. The van der Waals surface area contributed by atoms with Gasteiger partial charge in [-0.15, -0.1) is 0 Å². The predicted octanol–water partition coefficient (Wildman–Crippen LogP) is 5.96. The molecule has 6 aliphatic rings. The smallest absolute Gasteiger partial charge is 0.262 e. The van der Waals surface area contributed by atoms with Crippen molar-refractivity contribution in [2.24, 2.45) is 11.3 Å². The number of nitrogens with one attached hydrogen (secondary N) is 2. The number of alkyl halides is 2. The number of amides is 3. The van der Waals surface area contributed by atoms with E-state index in [9.17, 15) is 23.2 Å². The number of allylic oxidation sites excluding steroid dienone is 1. The number of nitrogens with zero attached hydrogens (tertiary/aromatic N) is 6. The molecule has 3 fully saturated rings. The minimum Gasteiger partial charge on any atom is -0.357 e. The van der Waals surface area contributed by atoms with Crippen molar-refractivity contribution >= 4 is 34.6 Å². The van der Waals surface area contributed by atoms with Gasteiger partial charge >= 0.3 is 0 Å². The lowest BCUT2D eigenvalue weighted by Gasteiger charge is -2.53. The topological polar surface area (TPSA) is 118 Å². The third-order valence-corrected chi connectivity index (χ3v) is 13.5. The third-order valence-electron chi connectivity index (χ3n) is 13.5. The number of para-hydroxylation sites is 1. The van der Waals surface area contributed by atoms with Crippen LogP contribution in [0, 0.1) is 11.3 Å². The zero-order valence-corrected chi connectivity index (χ0v) is 31.6. The molecule has 2 aromatic carbocycles. The summed E-state index contributed by atoms with van der Waals surface area (Å²) in [4.78, 5) is 60.3. The van der Waals surface area contributed by atoms with Gasteiger partial charge in [0.25, 0.3) is 18.2 Å². The van der Waals surface area contributed by atoms with Crippen molar-refractivity contribution in [3.8, 4) is 0 Å². The molecule has 1 unspecified atom stereocenters. The standard InChI is InChI=1S/C43H46F2N8O3/c1-24-7-8-35(39(54)48-24)53-40(55)32-14-27-19-50(20-28(27)15-33(32)41(53)56)18-26-9-11-43(12-10-26)22-51(23-43)42-46-16-29(17-47-42)38-37-31(13-25(2)52(38)21-36(44)45)30-5-3-4-6-34(30)49-37/h3-6,14-17,25-26,35-36,38,49H,1,7-13,18-23H2,2H3,(H,48,54)/t25-,35?,38-/m1/s1. The van der Waals surface area contributed by atoms with Crippen LogP contribution >= 0.6 is 0 Å². The average molecular weight is 761 g/mol. The van der Waals surface area contributed by atoms with E-state index in [0.29, 0.717) is 48.0 Å². The van der Waals surface area contributed by atoms with Crippen molar-refractivity contribution in [3.05, 3.63) is 100 Å². The average Bonchev–Trinajstić information content (AvgIpc) is 3.81. The molecule has 5 aliphatic heterocycles. The summed E-state index contributed by atoms with van der Waals surface area (Å²) in [7, 11) is 0. The van der Waals surface area contributed by atoms with E-state index >= 15 is 0 Å². The number of hydrogen-bond donors (Lipinski definition) is 2. The van der Waals surface area contributed by atoms with Gasteiger partial charge < -0.3 is 15.2 Å². The number of H-pyrrole nitrogens is 1. The van der Waals surface area contributed by atoms with Gasteiger partial charge in [0.1, 0.15) is 6.04 Å². The molecule has 7 heterocycles. The summed E-state index contributed by atoms with van der Waals surface area (Å²) < 4.78 is 27.7. The molecule has 11 nitrogen and oxygen atoms in total. The van der Waals surface area contributed by atoms with Gasteiger partial charge in [-0.1, -0.05) is 24.8 Å². The fourth-order valence-electron chi connectivity index (χ4n) is 10.7. The van der Waals surface area contributed by atoms with Crippen LogP contribution in [0.4, 0.5) is 14.7 Å². The van der Waals surface area contributed by atoms with Crippen LogP contribution in [0.15, 0.2) is 61.1 Å². The molecule has 56 heavy (non-hydrogen) atoms. The van der Waals surface area contributed by atoms with Crippen molar-refractivity contribution in [3.63, 3.8) is 0 Å². The first-order valence-corrected chi connectivity index (χ1v) is 20.0. The molecule has 3 atom stereocenters. The zero-order valence-electron chi connectivity index (χ0n) is 31.6. The molecule has 290 valence electrons. The molecule has 1 saturated carbocycles. The third kappa shape index (κ3) is 5.84. The minimum absolute atomic E-state index is 0.0602. The fourth-order valence-corrected chi connectivity index (χ4v) is 10.7. The van der Waals surface area contributed by atoms with E-state index in [1.807, 2.05) is 54.5 Å². The van der Waals surface area contributed by atoms with Crippen LogP contribution in [0.1, 0.15) is 100 Å². The number of benzene rings is 2. The summed E-state index contributed by atoms with van der Waals surface area (Å²) in [6.07, 6.45) is 7.44. The summed E-state index contributed by atoms with van der Waals surface area (Å²) in [6.45, 7) is 9.83. The van der Waals surface area contributed by atoms with Crippen molar-refractivity contribution in [2.45, 2.75) is 89.5 Å². The zero-order chi connectivity index (χ0) is 38.5. The maximum atomic E-state index is 13.9. The molecule has 2 saturated heterocycles. The second kappa shape index (κ2) is 13.3. The maximum Gasteiger partial charge on any atom is 0.262 e. The first-order chi connectivity index (χ1) is 27.0. The van der Waals surface area contributed by atoms with E-state index in [1.54, 1.807) is 0 Å². The van der Waals surface area contributed by atoms with Crippen LogP contribution in [-0.4, -0.2) is 92.1 Å². The molecular formula is C43H46F2N8O3. The van der Waals surface area contributed by atoms with Gasteiger partial charge in [0, 0.05) is 84.4 Å². The number of carbonyl (C=O) groups excluding carboxylic acids is 3. The summed E-state index contributed by atoms with van der Waals surface area (Å²) in [5.41, 5.74) is 7.83. The minimum atomic E-state index is -2.45. The number of piperidine rings is 1. The Labute approximate surface area is 324 Å². The summed E-state index contributed by atoms with van der Waals surface area (Å²) in [5.74, 6) is 0.155. The molecule has 4 aromatic rings. The van der Waals surface area contributed by atoms with Gasteiger partial charge in [-0.25, -0.2) is 18.7 Å². The molecule has 0 bridgehead atoms. The van der Waals surface area contributed by atoms with Gasteiger partial charge in [0.2, 0.25) is 11.9 Å². The normalized spacial score (nSPS) is 25.2. The molecule has 0 radical (unpaired) electrons. The Kier molecular flexibility index (Phi) is 8.41. The van der Waals surface area contributed by atoms with Crippen LogP contribution < -0.4 is 10.2 Å². The van der Waals surface area contributed by atoms with Gasteiger partial charge in [-0.3, -0.25) is 29.1 Å². The van der Waals surface area contributed by atoms with E-state index in [0.717, 1.165) is 96.6 Å². The highest BCUT2D eigenvalue weighted by molar-refractivity contribution is 6.23. The number of aromatic amines is 1. The van der Waals surface area contributed by atoms with Crippen LogP contribution in [0.2, 0.25) is 0 Å². The number of rotatable bonds is 7. The van der Waals surface area contributed by atoms with Gasteiger partial charge in [0.15, 0.2) is 0 Å². The second-order valence-electron chi connectivity index (χ2n) is 17.2. The number of aromatic nitrogens is 3. The van der Waals surface area contributed by atoms with E-state index in [1.165, 1.54) is 5.56 Å². The van der Waals surface area contributed by atoms with E-state index in [4.69, 9.17) is 9.97 Å². The van der Waals surface area contributed by atoms with Crippen molar-refractivity contribution in [1.29, 1.82) is 0 Å². The summed E-state index contributed by atoms with van der Waals surface area (Å²) >= 11 is 0. The van der Waals surface area contributed by atoms with Crippen molar-refractivity contribution < 1.29 is 23.2 Å². The second-order valence-corrected chi connectivity index (χ2v) is 17.2. The Hall–Kier alpha value is -5.01.